The zero-order valence-corrected chi connectivity index (χ0v) is 20.3. The van der Waals surface area contributed by atoms with E-state index in [2.05, 4.69) is 31.1 Å². The molecule has 4 rings (SSSR count). The van der Waals surface area contributed by atoms with E-state index < -0.39 is 0 Å². The van der Waals surface area contributed by atoms with Crippen molar-refractivity contribution in [3.8, 4) is 11.5 Å². The number of hydrogen-bond donors (Lipinski definition) is 2. The molecule has 0 atom stereocenters. The summed E-state index contributed by atoms with van der Waals surface area (Å²) >= 11 is 0. The summed E-state index contributed by atoms with van der Waals surface area (Å²) in [7, 11) is 3.28. The molecule has 0 saturated heterocycles. The van der Waals surface area contributed by atoms with E-state index in [0.717, 1.165) is 58.7 Å². The average molecular weight is 481 g/mol. The van der Waals surface area contributed by atoms with Crippen LogP contribution in [0.1, 0.15) is 0 Å². The third-order valence-electron chi connectivity index (χ3n) is 5.22. The Balaban J connectivity index is 1.19. The molecule has 0 fully saturated rings. The molecule has 0 radical (unpaired) electrons. The molecule has 8 nitrogen and oxygen atoms in total. The summed E-state index contributed by atoms with van der Waals surface area (Å²) < 4.78 is 10.3. The van der Waals surface area contributed by atoms with Crippen LogP contribution >= 0.6 is 0 Å². The highest BCUT2D eigenvalue weighted by Crippen LogP contribution is 2.23. The van der Waals surface area contributed by atoms with Crippen LogP contribution in [0.5, 0.6) is 11.5 Å². The first kappa shape index (κ1) is 24.4. The molecule has 182 valence electrons. The van der Waals surface area contributed by atoms with Crippen molar-refractivity contribution in [3.63, 3.8) is 0 Å². The fraction of sp³-hybridized carbons (Fsp3) is 0.143. The van der Waals surface area contributed by atoms with Crippen LogP contribution in [-0.4, -0.2) is 27.3 Å². The largest absolute Gasteiger partial charge is 0.497 e. The van der Waals surface area contributed by atoms with Crippen molar-refractivity contribution >= 4 is 34.1 Å². The van der Waals surface area contributed by atoms with Gasteiger partial charge in [0.05, 0.1) is 37.0 Å². The first-order valence-electron chi connectivity index (χ1n) is 11.5. The van der Waals surface area contributed by atoms with Crippen molar-refractivity contribution in [1.29, 1.82) is 0 Å². The van der Waals surface area contributed by atoms with E-state index in [4.69, 9.17) is 9.47 Å². The fourth-order valence-electron chi connectivity index (χ4n) is 3.23. The van der Waals surface area contributed by atoms with Crippen LogP contribution in [0.4, 0.5) is 34.1 Å². The highest BCUT2D eigenvalue weighted by molar-refractivity contribution is 5.53. The predicted molar refractivity (Wildman–Crippen MR) is 144 cm³/mol. The number of anilines is 2. The topological polar surface area (TPSA) is 92.0 Å². The minimum absolute atomic E-state index is 0.769. The van der Waals surface area contributed by atoms with Gasteiger partial charge < -0.3 is 20.1 Å². The Hall–Kier alpha value is -4.72. The lowest BCUT2D eigenvalue weighted by molar-refractivity contribution is 0.414. The van der Waals surface area contributed by atoms with Gasteiger partial charge >= 0.3 is 0 Å². The Morgan fingerprint density at radius 2 is 0.722 bits per heavy atom. The maximum Gasteiger partial charge on any atom is 0.119 e. The van der Waals surface area contributed by atoms with Crippen molar-refractivity contribution in [3.05, 3.63) is 97.1 Å². The van der Waals surface area contributed by atoms with Gasteiger partial charge in [0.25, 0.3) is 0 Å². The molecule has 8 heteroatoms. The number of ether oxygens (including phenoxy) is 2. The molecule has 0 aromatic heterocycles. The maximum atomic E-state index is 5.15. The van der Waals surface area contributed by atoms with Gasteiger partial charge in [-0.1, -0.05) is 0 Å². The Morgan fingerprint density at radius 3 is 1.00 bits per heavy atom. The van der Waals surface area contributed by atoms with Crippen LogP contribution in [0.3, 0.4) is 0 Å². The summed E-state index contributed by atoms with van der Waals surface area (Å²) in [5.74, 6) is 1.59. The molecule has 0 unspecified atom stereocenters. The van der Waals surface area contributed by atoms with E-state index in [0.29, 0.717) is 0 Å². The van der Waals surface area contributed by atoms with Gasteiger partial charge in [-0.25, -0.2) is 0 Å². The van der Waals surface area contributed by atoms with Crippen LogP contribution in [0.15, 0.2) is 118 Å². The summed E-state index contributed by atoms with van der Waals surface area (Å²) in [6.45, 7) is 1.54. The Kier molecular flexibility index (Phi) is 8.58. The van der Waals surface area contributed by atoms with Crippen LogP contribution in [-0.2, 0) is 0 Å². The van der Waals surface area contributed by atoms with E-state index in [1.807, 2.05) is 97.1 Å². The molecule has 0 bridgehead atoms. The summed E-state index contributed by atoms with van der Waals surface area (Å²) in [4.78, 5) is 0. The molecule has 36 heavy (non-hydrogen) atoms. The molecule has 4 aromatic carbocycles. The number of nitrogens with one attached hydrogen (secondary N) is 2. The molecule has 0 spiro atoms. The van der Waals surface area contributed by atoms with Gasteiger partial charge in [0.1, 0.15) is 11.5 Å². The summed E-state index contributed by atoms with van der Waals surface area (Å²) in [6.07, 6.45) is 0. The normalized spacial score (nSPS) is 11.1. The second-order valence-electron chi connectivity index (χ2n) is 7.74. The lowest BCUT2D eigenvalue weighted by atomic mass is 10.2. The standard InChI is InChI=1S/C28H28N6O2/c1-35-27-15-11-25(12-16-27)33-31-23-7-3-21(4-8-23)29-19-20-30-22-5-9-24(10-6-22)32-34-26-13-17-28(36-2)18-14-26/h3-18,29-30H,19-20H2,1-2H3. The minimum atomic E-state index is 0.769. The first-order chi connectivity index (χ1) is 17.7. The van der Waals surface area contributed by atoms with E-state index in [9.17, 15) is 0 Å². The zero-order valence-electron chi connectivity index (χ0n) is 20.3. The molecule has 4 aromatic rings. The van der Waals surface area contributed by atoms with Gasteiger partial charge in [0.2, 0.25) is 0 Å². The van der Waals surface area contributed by atoms with Crippen molar-refractivity contribution < 1.29 is 9.47 Å². The van der Waals surface area contributed by atoms with E-state index in [1.165, 1.54) is 0 Å². The van der Waals surface area contributed by atoms with E-state index in [-0.39, 0.29) is 0 Å². The van der Waals surface area contributed by atoms with E-state index in [1.54, 1.807) is 14.2 Å². The number of azo groups is 2. The zero-order chi connectivity index (χ0) is 25.0. The monoisotopic (exact) mass is 480 g/mol. The fourth-order valence-corrected chi connectivity index (χ4v) is 3.23. The van der Waals surface area contributed by atoms with Crippen molar-refractivity contribution in [2.75, 3.05) is 37.9 Å². The third-order valence-corrected chi connectivity index (χ3v) is 5.22. The molecule has 0 saturated carbocycles. The molecule has 0 amide bonds. The highest BCUT2D eigenvalue weighted by atomic mass is 16.5. The smallest absolute Gasteiger partial charge is 0.119 e. The molecule has 0 aliphatic rings. The van der Waals surface area contributed by atoms with Crippen LogP contribution in [0, 0.1) is 0 Å². The summed E-state index contributed by atoms with van der Waals surface area (Å²) in [5.41, 5.74) is 5.18. The van der Waals surface area contributed by atoms with Gasteiger partial charge in [-0.15, -0.1) is 0 Å². The van der Waals surface area contributed by atoms with Gasteiger partial charge in [-0.05, 0) is 97.1 Å². The predicted octanol–water partition coefficient (Wildman–Crippen LogP) is 8.06. The van der Waals surface area contributed by atoms with E-state index >= 15 is 0 Å². The van der Waals surface area contributed by atoms with Crippen LogP contribution < -0.4 is 20.1 Å². The Morgan fingerprint density at radius 1 is 0.444 bits per heavy atom. The van der Waals surface area contributed by atoms with Gasteiger partial charge in [-0.3, -0.25) is 0 Å². The lowest BCUT2D eigenvalue weighted by Gasteiger charge is -2.09. The molecule has 0 aliphatic carbocycles. The van der Waals surface area contributed by atoms with Crippen molar-refractivity contribution in [2.45, 2.75) is 0 Å². The van der Waals surface area contributed by atoms with Gasteiger partial charge in [0.15, 0.2) is 0 Å². The maximum absolute atomic E-state index is 5.15. The summed E-state index contributed by atoms with van der Waals surface area (Å²) in [5, 5.41) is 23.9. The number of hydrogen-bond acceptors (Lipinski definition) is 8. The third kappa shape index (κ3) is 7.39. The molecular formula is C28H28N6O2. The van der Waals surface area contributed by atoms with Crippen molar-refractivity contribution in [2.24, 2.45) is 20.5 Å². The molecule has 0 aliphatic heterocycles. The van der Waals surface area contributed by atoms with Crippen LogP contribution in [0.2, 0.25) is 0 Å². The lowest BCUT2D eigenvalue weighted by Crippen LogP contribution is -2.13. The summed E-state index contributed by atoms with van der Waals surface area (Å²) in [6, 6.07) is 30.6. The van der Waals surface area contributed by atoms with Crippen molar-refractivity contribution in [1.82, 2.24) is 0 Å². The second kappa shape index (κ2) is 12.7. The Bertz CT molecular complexity index is 1170. The highest BCUT2D eigenvalue weighted by Gasteiger charge is 1.97. The first-order valence-corrected chi connectivity index (χ1v) is 11.5. The molecule has 2 N–H and O–H groups in total. The molecular weight excluding hydrogens is 452 g/mol. The van der Waals surface area contributed by atoms with Gasteiger partial charge in [-0.2, -0.15) is 20.5 Å². The number of nitrogens with zero attached hydrogens (tertiary/aromatic N) is 4. The number of rotatable bonds is 11. The minimum Gasteiger partial charge on any atom is -0.497 e. The SMILES string of the molecule is COc1ccc(N=Nc2ccc(NCCNc3ccc(N=Nc4ccc(OC)cc4)cc3)cc2)cc1. The molecule has 0 heterocycles. The Labute approximate surface area is 210 Å². The average Bonchev–Trinajstić information content (AvgIpc) is 2.95. The number of methoxy groups -OCH3 is 2. The quantitative estimate of drug-likeness (QED) is 0.168. The van der Waals surface area contributed by atoms with Gasteiger partial charge in [0, 0.05) is 24.5 Å². The van der Waals surface area contributed by atoms with Crippen LogP contribution in [0.25, 0.3) is 0 Å². The second-order valence-corrected chi connectivity index (χ2v) is 7.74. The number of benzene rings is 4.